The second kappa shape index (κ2) is 5.06. The Balaban J connectivity index is 0. The third kappa shape index (κ3) is 3.43. The Morgan fingerprint density at radius 1 is 1.14 bits per heavy atom. The zero-order valence-electron chi connectivity index (χ0n) is 7.90. The Bertz CT molecular complexity index is 396. The van der Waals surface area contributed by atoms with Crippen LogP contribution < -0.4 is 0 Å². The van der Waals surface area contributed by atoms with Crippen molar-refractivity contribution in [3.8, 4) is 0 Å². The molecular weight excluding hydrogens is 208 g/mol. The molecule has 0 heterocycles. The highest BCUT2D eigenvalue weighted by atomic mass is 32.2. The van der Waals surface area contributed by atoms with E-state index in [0.29, 0.717) is 5.56 Å². The topological polar surface area (TPSA) is 117 Å². The van der Waals surface area contributed by atoms with Gasteiger partial charge in [0, 0.05) is 0 Å². The molecule has 0 saturated heterocycles. The normalized spacial score (nSPS) is 9.93. The Hall–Kier alpha value is -0.950. The molecule has 0 aromatic heterocycles. The fourth-order valence-electron chi connectivity index (χ4n) is 0.985. The minimum absolute atomic E-state index is 0. The van der Waals surface area contributed by atoms with Gasteiger partial charge in [0.2, 0.25) is 0 Å². The van der Waals surface area contributed by atoms with Crippen molar-refractivity contribution in [3.05, 3.63) is 29.3 Å². The summed E-state index contributed by atoms with van der Waals surface area (Å²) in [5.41, 5.74) is 1.37. The van der Waals surface area contributed by atoms with Crippen molar-refractivity contribution >= 4 is 10.1 Å². The van der Waals surface area contributed by atoms with Crippen molar-refractivity contribution < 1.29 is 23.9 Å². The van der Waals surface area contributed by atoms with Gasteiger partial charge in [0.15, 0.2) is 0 Å². The first-order valence-electron chi connectivity index (χ1n) is 3.46. The number of benzene rings is 1. The van der Waals surface area contributed by atoms with Crippen LogP contribution in [0.15, 0.2) is 23.1 Å². The molecule has 1 aromatic carbocycles. The van der Waals surface area contributed by atoms with Crippen LogP contribution in [0.4, 0.5) is 0 Å². The van der Waals surface area contributed by atoms with Crippen molar-refractivity contribution in [1.82, 2.24) is 0 Å². The van der Waals surface area contributed by atoms with Gasteiger partial charge in [-0.3, -0.25) is 4.55 Å². The summed E-state index contributed by atoms with van der Waals surface area (Å²) in [5, 5.41) is 0. The minimum atomic E-state index is -4.06. The van der Waals surface area contributed by atoms with Crippen molar-refractivity contribution in [3.63, 3.8) is 0 Å². The maximum Gasteiger partial charge on any atom is 0.294 e. The van der Waals surface area contributed by atoms with Crippen LogP contribution in [0.25, 0.3) is 0 Å². The molecule has 0 aliphatic carbocycles. The molecular formula is C8H14O5S. The largest absolute Gasteiger partial charge is 0.412 e. The fourth-order valence-corrected chi connectivity index (χ4v) is 1.79. The maximum absolute atomic E-state index is 10.8. The van der Waals surface area contributed by atoms with Gasteiger partial charge in [-0.1, -0.05) is 12.1 Å². The van der Waals surface area contributed by atoms with Crippen molar-refractivity contribution in [2.45, 2.75) is 18.7 Å². The highest BCUT2D eigenvalue weighted by molar-refractivity contribution is 7.85. The molecule has 0 radical (unpaired) electrons. The summed E-state index contributed by atoms with van der Waals surface area (Å²) in [7, 11) is -4.06. The Kier molecular flexibility index (Phi) is 5.61. The van der Waals surface area contributed by atoms with Gasteiger partial charge >= 0.3 is 0 Å². The van der Waals surface area contributed by atoms with Gasteiger partial charge in [-0.05, 0) is 31.0 Å². The van der Waals surface area contributed by atoms with E-state index in [1.54, 1.807) is 26.0 Å². The molecule has 0 aliphatic rings. The SMILES string of the molecule is Cc1ccc(C)c(S(=O)(=O)O)c1.O.O. The Morgan fingerprint density at radius 2 is 1.64 bits per heavy atom. The first kappa shape index (κ1) is 15.5. The lowest BCUT2D eigenvalue weighted by Crippen LogP contribution is -2.00. The smallest absolute Gasteiger partial charge is 0.294 e. The summed E-state index contributed by atoms with van der Waals surface area (Å²) >= 11 is 0. The third-order valence-electron chi connectivity index (χ3n) is 1.62. The van der Waals surface area contributed by atoms with E-state index in [4.69, 9.17) is 4.55 Å². The van der Waals surface area contributed by atoms with Crippen molar-refractivity contribution in [2.75, 3.05) is 0 Å². The summed E-state index contributed by atoms with van der Waals surface area (Å²) in [4.78, 5) is -0.0116. The molecule has 0 fully saturated rings. The lowest BCUT2D eigenvalue weighted by molar-refractivity contribution is 0.482. The molecule has 0 atom stereocenters. The summed E-state index contributed by atoms with van der Waals surface area (Å²) in [6.45, 7) is 3.41. The minimum Gasteiger partial charge on any atom is -0.412 e. The monoisotopic (exact) mass is 222 g/mol. The molecule has 0 bridgehead atoms. The van der Waals surface area contributed by atoms with Gasteiger partial charge in [0.25, 0.3) is 10.1 Å². The van der Waals surface area contributed by atoms with E-state index in [9.17, 15) is 8.42 Å². The molecule has 82 valence electrons. The predicted octanol–water partition coefficient (Wildman–Crippen LogP) is -0.0993. The van der Waals surface area contributed by atoms with Gasteiger partial charge < -0.3 is 11.0 Å². The van der Waals surface area contributed by atoms with E-state index in [-0.39, 0.29) is 15.8 Å². The van der Waals surface area contributed by atoms with Crippen molar-refractivity contribution in [2.24, 2.45) is 0 Å². The number of rotatable bonds is 1. The zero-order valence-corrected chi connectivity index (χ0v) is 8.72. The Morgan fingerprint density at radius 3 is 2.00 bits per heavy atom. The average Bonchev–Trinajstić information content (AvgIpc) is 1.92. The highest BCUT2D eigenvalue weighted by Gasteiger charge is 2.11. The molecule has 0 spiro atoms. The van der Waals surface area contributed by atoms with Crippen LogP contribution in [0.2, 0.25) is 0 Å². The highest BCUT2D eigenvalue weighted by Crippen LogP contribution is 2.15. The quantitative estimate of drug-likeness (QED) is 0.668. The number of aryl methyl sites for hydroxylation is 2. The molecule has 1 rings (SSSR count). The molecule has 5 nitrogen and oxygen atoms in total. The summed E-state index contributed by atoms with van der Waals surface area (Å²) in [6.07, 6.45) is 0. The number of hydrogen-bond donors (Lipinski definition) is 1. The van der Waals surface area contributed by atoms with E-state index >= 15 is 0 Å². The van der Waals surface area contributed by atoms with Crippen LogP contribution >= 0.6 is 0 Å². The standard InChI is InChI=1S/C8H10O3S.2H2O/c1-6-3-4-7(2)8(5-6)12(9,10)11;;/h3-5H,1-2H3,(H,9,10,11);2*1H2. The molecule has 0 saturated carbocycles. The van der Waals surface area contributed by atoms with Crippen LogP contribution in [0.3, 0.4) is 0 Å². The van der Waals surface area contributed by atoms with Crippen LogP contribution in [-0.2, 0) is 10.1 Å². The van der Waals surface area contributed by atoms with E-state index in [0.717, 1.165) is 5.56 Å². The van der Waals surface area contributed by atoms with Gasteiger partial charge in [-0.2, -0.15) is 8.42 Å². The molecule has 6 heteroatoms. The van der Waals surface area contributed by atoms with Crippen LogP contribution in [0.1, 0.15) is 11.1 Å². The molecule has 5 N–H and O–H groups in total. The molecule has 0 unspecified atom stereocenters. The van der Waals surface area contributed by atoms with Crippen molar-refractivity contribution in [1.29, 1.82) is 0 Å². The molecule has 0 aliphatic heterocycles. The second-order valence-electron chi connectivity index (χ2n) is 2.74. The molecule has 0 amide bonds. The van der Waals surface area contributed by atoms with Gasteiger partial charge in [0.1, 0.15) is 0 Å². The first-order valence-corrected chi connectivity index (χ1v) is 4.90. The Labute approximate surface area is 82.8 Å². The van der Waals surface area contributed by atoms with E-state index in [2.05, 4.69) is 0 Å². The van der Waals surface area contributed by atoms with E-state index < -0.39 is 10.1 Å². The van der Waals surface area contributed by atoms with Crippen LogP contribution in [0.5, 0.6) is 0 Å². The summed E-state index contributed by atoms with van der Waals surface area (Å²) in [6, 6.07) is 4.91. The fraction of sp³-hybridized carbons (Fsp3) is 0.250. The van der Waals surface area contributed by atoms with Crippen LogP contribution in [0, 0.1) is 13.8 Å². The summed E-state index contributed by atoms with van der Waals surface area (Å²) in [5.74, 6) is 0. The lowest BCUT2D eigenvalue weighted by Gasteiger charge is -2.02. The van der Waals surface area contributed by atoms with Gasteiger partial charge in [0.05, 0.1) is 4.90 Å². The average molecular weight is 222 g/mol. The lowest BCUT2D eigenvalue weighted by atomic mass is 10.2. The third-order valence-corrected chi connectivity index (χ3v) is 2.62. The van der Waals surface area contributed by atoms with Crippen LogP contribution in [-0.4, -0.2) is 23.9 Å². The summed E-state index contributed by atoms with van der Waals surface area (Å²) < 4.78 is 30.3. The molecule has 1 aromatic rings. The number of hydrogen-bond acceptors (Lipinski definition) is 2. The predicted molar refractivity (Wildman–Crippen MR) is 53.0 cm³/mol. The van der Waals surface area contributed by atoms with E-state index in [1.807, 2.05) is 0 Å². The second-order valence-corrected chi connectivity index (χ2v) is 4.13. The zero-order chi connectivity index (χ0) is 9.35. The molecule has 14 heavy (non-hydrogen) atoms. The maximum atomic E-state index is 10.8. The first-order chi connectivity index (χ1) is 5.41. The van der Waals surface area contributed by atoms with E-state index in [1.165, 1.54) is 6.07 Å². The van der Waals surface area contributed by atoms with Gasteiger partial charge in [-0.15, -0.1) is 0 Å². The van der Waals surface area contributed by atoms with Gasteiger partial charge in [-0.25, -0.2) is 0 Å².